The molecular formula is C17H25N3O3S. The maximum atomic E-state index is 12.6. The Hall–Kier alpha value is -1.60. The molecule has 2 bridgehead atoms. The molecule has 0 radical (unpaired) electrons. The maximum absolute atomic E-state index is 12.6. The number of sulfonamides is 1. The summed E-state index contributed by atoms with van der Waals surface area (Å²) < 4.78 is 26.2. The molecule has 2 aliphatic carbocycles. The molecule has 0 spiro atoms. The Morgan fingerprint density at radius 2 is 1.96 bits per heavy atom. The van der Waals surface area contributed by atoms with Crippen molar-refractivity contribution in [2.75, 3.05) is 15.8 Å². The van der Waals surface area contributed by atoms with Crippen LogP contribution >= 0.6 is 0 Å². The van der Waals surface area contributed by atoms with E-state index in [0.29, 0.717) is 29.6 Å². The van der Waals surface area contributed by atoms with E-state index in [1.807, 2.05) is 6.92 Å². The van der Waals surface area contributed by atoms with E-state index < -0.39 is 10.0 Å². The van der Waals surface area contributed by atoms with Crippen LogP contribution in [0, 0.1) is 17.8 Å². The van der Waals surface area contributed by atoms with Crippen LogP contribution in [0.25, 0.3) is 0 Å². The number of rotatable bonds is 6. The number of carbonyl (C=O) groups is 1. The normalized spacial score (nSPS) is 28.8. The first kappa shape index (κ1) is 17.2. The van der Waals surface area contributed by atoms with Crippen molar-refractivity contribution < 1.29 is 13.2 Å². The van der Waals surface area contributed by atoms with Crippen molar-refractivity contribution >= 4 is 27.3 Å². The number of anilines is 2. The molecular weight excluding hydrogens is 326 g/mol. The second-order valence-electron chi connectivity index (χ2n) is 6.93. The molecule has 3 rings (SSSR count). The van der Waals surface area contributed by atoms with Gasteiger partial charge in [0, 0.05) is 11.7 Å². The smallest absolute Gasteiger partial charge is 0.232 e. The molecule has 1 amide bonds. The molecule has 132 valence electrons. The molecule has 4 atom stereocenters. The lowest BCUT2D eigenvalue weighted by Gasteiger charge is -2.27. The standard InChI is InChI=1S/C17H25N3O3S/c1-2-8-24(22,23)20-14-5-3-4-13(10-14)19-17(21)15-11-6-7-12(9-11)16(15)18/h3-5,10-12,15-16,20H,2,6-9,18H2,1H3,(H,19,21). The molecule has 24 heavy (non-hydrogen) atoms. The van der Waals surface area contributed by atoms with Gasteiger partial charge < -0.3 is 11.1 Å². The van der Waals surface area contributed by atoms with Gasteiger partial charge in [-0.25, -0.2) is 8.42 Å². The van der Waals surface area contributed by atoms with Gasteiger partial charge in [-0.2, -0.15) is 0 Å². The van der Waals surface area contributed by atoms with Crippen LogP contribution < -0.4 is 15.8 Å². The van der Waals surface area contributed by atoms with Gasteiger partial charge >= 0.3 is 0 Å². The molecule has 2 fully saturated rings. The molecule has 7 heteroatoms. The van der Waals surface area contributed by atoms with E-state index in [-0.39, 0.29) is 23.6 Å². The summed E-state index contributed by atoms with van der Waals surface area (Å²) in [5.74, 6) is 0.741. The Balaban J connectivity index is 1.67. The number of hydrogen-bond acceptors (Lipinski definition) is 4. The van der Waals surface area contributed by atoms with Crippen molar-refractivity contribution in [3.05, 3.63) is 24.3 Å². The zero-order valence-corrected chi connectivity index (χ0v) is 14.7. The minimum atomic E-state index is -3.34. The van der Waals surface area contributed by atoms with E-state index >= 15 is 0 Å². The number of nitrogens with one attached hydrogen (secondary N) is 2. The lowest BCUT2D eigenvalue weighted by Crippen LogP contribution is -2.42. The van der Waals surface area contributed by atoms with E-state index in [0.717, 1.165) is 19.3 Å². The Morgan fingerprint density at radius 3 is 2.62 bits per heavy atom. The monoisotopic (exact) mass is 351 g/mol. The third kappa shape index (κ3) is 3.57. The summed E-state index contributed by atoms with van der Waals surface area (Å²) in [6.07, 6.45) is 3.81. The molecule has 4 unspecified atom stereocenters. The molecule has 1 aromatic carbocycles. The van der Waals surface area contributed by atoms with Crippen LogP contribution in [0.1, 0.15) is 32.6 Å². The van der Waals surface area contributed by atoms with Gasteiger partial charge in [-0.05, 0) is 55.7 Å². The zero-order valence-electron chi connectivity index (χ0n) is 13.9. The number of hydrogen-bond donors (Lipinski definition) is 3. The predicted molar refractivity (Wildman–Crippen MR) is 95.1 cm³/mol. The first-order valence-corrected chi connectivity index (χ1v) is 10.2. The van der Waals surface area contributed by atoms with Gasteiger partial charge in [0.2, 0.25) is 15.9 Å². The van der Waals surface area contributed by atoms with Crippen LogP contribution in [0.15, 0.2) is 24.3 Å². The van der Waals surface area contributed by atoms with E-state index in [2.05, 4.69) is 10.0 Å². The number of fused-ring (bicyclic) bond motifs is 2. The van der Waals surface area contributed by atoms with Gasteiger partial charge in [0.15, 0.2) is 0 Å². The van der Waals surface area contributed by atoms with Gasteiger partial charge in [-0.15, -0.1) is 0 Å². The Kier molecular flexibility index (Phi) is 4.83. The van der Waals surface area contributed by atoms with Crippen molar-refractivity contribution in [1.29, 1.82) is 0 Å². The maximum Gasteiger partial charge on any atom is 0.232 e. The van der Waals surface area contributed by atoms with E-state index in [4.69, 9.17) is 5.73 Å². The van der Waals surface area contributed by atoms with Crippen LogP contribution in [0.2, 0.25) is 0 Å². The average Bonchev–Trinajstić information content (AvgIpc) is 3.07. The van der Waals surface area contributed by atoms with Crippen molar-refractivity contribution in [3.8, 4) is 0 Å². The van der Waals surface area contributed by atoms with E-state index in [9.17, 15) is 13.2 Å². The third-order valence-electron chi connectivity index (χ3n) is 5.16. The van der Waals surface area contributed by atoms with Gasteiger partial charge in [0.05, 0.1) is 17.4 Å². The summed E-state index contributed by atoms with van der Waals surface area (Å²) in [4.78, 5) is 12.6. The summed E-state index contributed by atoms with van der Waals surface area (Å²) >= 11 is 0. The molecule has 1 aromatic rings. The Bertz CT molecular complexity index is 718. The molecule has 0 saturated heterocycles. The van der Waals surface area contributed by atoms with Crippen molar-refractivity contribution in [2.24, 2.45) is 23.5 Å². The second kappa shape index (κ2) is 6.72. The number of nitrogens with two attached hydrogens (primary N) is 1. The van der Waals surface area contributed by atoms with E-state index in [1.54, 1.807) is 24.3 Å². The van der Waals surface area contributed by atoms with E-state index in [1.165, 1.54) is 0 Å². The minimum Gasteiger partial charge on any atom is -0.327 e. The molecule has 0 aromatic heterocycles. The Morgan fingerprint density at radius 1 is 1.25 bits per heavy atom. The zero-order chi connectivity index (χ0) is 17.3. The molecule has 6 nitrogen and oxygen atoms in total. The quantitative estimate of drug-likeness (QED) is 0.731. The van der Waals surface area contributed by atoms with Crippen molar-refractivity contribution in [2.45, 2.75) is 38.6 Å². The predicted octanol–water partition coefficient (Wildman–Crippen LogP) is 2.15. The van der Waals surface area contributed by atoms with Crippen LogP contribution in [-0.2, 0) is 14.8 Å². The van der Waals surface area contributed by atoms with Crippen LogP contribution in [0.4, 0.5) is 11.4 Å². The highest BCUT2D eigenvalue weighted by Crippen LogP contribution is 2.47. The number of amides is 1. The summed E-state index contributed by atoms with van der Waals surface area (Å²) in [5.41, 5.74) is 7.26. The fraction of sp³-hybridized carbons (Fsp3) is 0.588. The van der Waals surface area contributed by atoms with Crippen LogP contribution in [-0.4, -0.2) is 26.1 Å². The fourth-order valence-corrected chi connectivity index (χ4v) is 5.24. The van der Waals surface area contributed by atoms with Crippen molar-refractivity contribution in [1.82, 2.24) is 0 Å². The topological polar surface area (TPSA) is 101 Å². The van der Waals surface area contributed by atoms with Crippen LogP contribution in [0.5, 0.6) is 0 Å². The van der Waals surface area contributed by atoms with Gasteiger partial charge in [-0.1, -0.05) is 13.0 Å². The Labute approximate surface area is 143 Å². The molecule has 0 heterocycles. The van der Waals surface area contributed by atoms with Crippen LogP contribution in [0.3, 0.4) is 0 Å². The van der Waals surface area contributed by atoms with Crippen molar-refractivity contribution in [3.63, 3.8) is 0 Å². The average molecular weight is 351 g/mol. The lowest BCUT2D eigenvalue weighted by atomic mass is 9.84. The van der Waals surface area contributed by atoms with Gasteiger partial charge in [-0.3, -0.25) is 9.52 Å². The minimum absolute atomic E-state index is 0.0525. The first-order valence-electron chi connectivity index (χ1n) is 8.56. The highest BCUT2D eigenvalue weighted by Gasteiger charge is 2.49. The highest BCUT2D eigenvalue weighted by molar-refractivity contribution is 7.92. The first-order chi connectivity index (χ1) is 11.4. The fourth-order valence-electron chi connectivity index (χ4n) is 4.11. The molecule has 2 saturated carbocycles. The summed E-state index contributed by atoms with van der Waals surface area (Å²) in [6, 6.07) is 6.74. The highest BCUT2D eigenvalue weighted by atomic mass is 32.2. The summed E-state index contributed by atoms with van der Waals surface area (Å²) in [6.45, 7) is 1.81. The third-order valence-corrected chi connectivity index (χ3v) is 6.65. The molecule has 4 N–H and O–H groups in total. The summed E-state index contributed by atoms with van der Waals surface area (Å²) in [5, 5.41) is 2.90. The molecule has 0 aliphatic heterocycles. The SMILES string of the molecule is CCCS(=O)(=O)Nc1cccc(NC(=O)C2C3CCC(C3)C2N)c1. The lowest BCUT2D eigenvalue weighted by molar-refractivity contribution is -0.121. The largest absolute Gasteiger partial charge is 0.327 e. The van der Waals surface area contributed by atoms with Gasteiger partial charge in [0.25, 0.3) is 0 Å². The summed E-state index contributed by atoms with van der Waals surface area (Å²) in [7, 11) is -3.34. The van der Waals surface area contributed by atoms with Gasteiger partial charge in [0.1, 0.15) is 0 Å². The molecule has 2 aliphatic rings. The number of benzene rings is 1. The second-order valence-corrected chi connectivity index (χ2v) is 8.77. The number of carbonyl (C=O) groups excluding carboxylic acids is 1.